The molecule has 1 saturated heterocycles. The van der Waals surface area contributed by atoms with Crippen LogP contribution in [0.25, 0.3) is 0 Å². The standard InChI is InChI=1S/C13H25NO3/c1-10(5-3-6-11(2)14)13(15)17-9-12-7-4-8-16-12/h10-12H,3-9,14H2,1-2H3. The van der Waals surface area contributed by atoms with Crippen LogP contribution >= 0.6 is 0 Å². The number of ether oxygens (including phenoxy) is 2. The van der Waals surface area contributed by atoms with Crippen molar-refractivity contribution in [2.75, 3.05) is 13.2 Å². The van der Waals surface area contributed by atoms with Crippen LogP contribution in [0.4, 0.5) is 0 Å². The zero-order valence-corrected chi connectivity index (χ0v) is 11.0. The van der Waals surface area contributed by atoms with Crippen LogP contribution in [0, 0.1) is 5.92 Å². The highest BCUT2D eigenvalue weighted by Crippen LogP contribution is 2.14. The van der Waals surface area contributed by atoms with E-state index in [1.165, 1.54) is 0 Å². The molecular weight excluding hydrogens is 218 g/mol. The van der Waals surface area contributed by atoms with Gasteiger partial charge in [-0.25, -0.2) is 0 Å². The van der Waals surface area contributed by atoms with Crippen LogP contribution in [0.2, 0.25) is 0 Å². The van der Waals surface area contributed by atoms with Crippen molar-refractivity contribution in [3.8, 4) is 0 Å². The van der Waals surface area contributed by atoms with E-state index in [1.807, 2.05) is 13.8 Å². The second kappa shape index (κ2) is 7.67. The second-order valence-corrected chi connectivity index (χ2v) is 5.07. The zero-order chi connectivity index (χ0) is 12.7. The number of hydrogen-bond acceptors (Lipinski definition) is 4. The minimum absolute atomic E-state index is 0.0323. The van der Waals surface area contributed by atoms with Gasteiger partial charge in [-0.05, 0) is 32.6 Å². The first-order valence-corrected chi connectivity index (χ1v) is 6.63. The van der Waals surface area contributed by atoms with Crippen molar-refractivity contribution < 1.29 is 14.3 Å². The van der Waals surface area contributed by atoms with Gasteiger partial charge in [-0.2, -0.15) is 0 Å². The molecule has 0 aromatic heterocycles. The SMILES string of the molecule is CC(N)CCCC(C)C(=O)OCC1CCCO1. The molecule has 17 heavy (non-hydrogen) atoms. The fourth-order valence-corrected chi connectivity index (χ4v) is 1.96. The van der Waals surface area contributed by atoms with Crippen LogP contribution in [0.5, 0.6) is 0 Å². The molecule has 4 nitrogen and oxygen atoms in total. The Hall–Kier alpha value is -0.610. The Balaban J connectivity index is 2.08. The van der Waals surface area contributed by atoms with Crippen molar-refractivity contribution in [2.24, 2.45) is 11.7 Å². The molecule has 1 aliphatic heterocycles. The summed E-state index contributed by atoms with van der Waals surface area (Å²) in [5, 5.41) is 0. The summed E-state index contributed by atoms with van der Waals surface area (Å²) in [6.45, 7) is 5.11. The van der Waals surface area contributed by atoms with Gasteiger partial charge in [0.2, 0.25) is 0 Å². The predicted molar refractivity (Wildman–Crippen MR) is 66.6 cm³/mol. The summed E-state index contributed by atoms with van der Waals surface area (Å²) in [7, 11) is 0. The smallest absolute Gasteiger partial charge is 0.308 e. The summed E-state index contributed by atoms with van der Waals surface area (Å²) in [5.41, 5.74) is 5.66. The summed E-state index contributed by atoms with van der Waals surface area (Å²) in [6.07, 6.45) is 5.00. The van der Waals surface area contributed by atoms with Crippen molar-refractivity contribution in [3.05, 3.63) is 0 Å². The van der Waals surface area contributed by atoms with Crippen LogP contribution in [-0.2, 0) is 14.3 Å². The van der Waals surface area contributed by atoms with Gasteiger partial charge in [0.1, 0.15) is 6.61 Å². The number of nitrogens with two attached hydrogens (primary N) is 1. The van der Waals surface area contributed by atoms with Crippen molar-refractivity contribution >= 4 is 5.97 Å². The van der Waals surface area contributed by atoms with Gasteiger partial charge < -0.3 is 15.2 Å². The van der Waals surface area contributed by atoms with E-state index in [4.69, 9.17) is 15.2 Å². The van der Waals surface area contributed by atoms with Crippen LogP contribution in [0.1, 0.15) is 46.0 Å². The molecule has 3 atom stereocenters. The minimum atomic E-state index is -0.106. The quantitative estimate of drug-likeness (QED) is 0.693. The summed E-state index contributed by atoms with van der Waals surface area (Å²) in [4.78, 5) is 11.7. The second-order valence-electron chi connectivity index (χ2n) is 5.07. The van der Waals surface area contributed by atoms with Crippen molar-refractivity contribution in [1.29, 1.82) is 0 Å². The first kappa shape index (κ1) is 14.5. The lowest BCUT2D eigenvalue weighted by atomic mass is 10.0. The third-order valence-electron chi connectivity index (χ3n) is 3.13. The van der Waals surface area contributed by atoms with E-state index >= 15 is 0 Å². The van der Waals surface area contributed by atoms with Gasteiger partial charge in [-0.3, -0.25) is 4.79 Å². The molecule has 0 aliphatic carbocycles. The highest BCUT2D eigenvalue weighted by Gasteiger charge is 2.20. The molecule has 0 radical (unpaired) electrons. The monoisotopic (exact) mass is 243 g/mol. The average molecular weight is 243 g/mol. The lowest BCUT2D eigenvalue weighted by molar-refractivity contribution is -0.151. The van der Waals surface area contributed by atoms with Crippen LogP contribution in [-0.4, -0.2) is 31.3 Å². The van der Waals surface area contributed by atoms with E-state index in [-0.39, 0.29) is 24.0 Å². The summed E-state index contributed by atoms with van der Waals surface area (Å²) >= 11 is 0. The Kier molecular flexibility index (Phi) is 6.52. The normalized spacial score (nSPS) is 23.4. The van der Waals surface area contributed by atoms with Crippen molar-refractivity contribution in [3.63, 3.8) is 0 Å². The Morgan fingerprint density at radius 3 is 2.82 bits per heavy atom. The van der Waals surface area contributed by atoms with Crippen LogP contribution < -0.4 is 5.73 Å². The van der Waals surface area contributed by atoms with E-state index in [0.717, 1.165) is 38.7 Å². The van der Waals surface area contributed by atoms with Crippen LogP contribution in [0.15, 0.2) is 0 Å². The maximum absolute atomic E-state index is 11.7. The average Bonchev–Trinajstić information content (AvgIpc) is 2.78. The van der Waals surface area contributed by atoms with E-state index in [2.05, 4.69) is 0 Å². The molecule has 0 amide bonds. The Bertz CT molecular complexity index is 225. The molecule has 0 saturated carbocycles. The van der Waals surface area contributed by atoms with E-state index in [9.17, 15) is 4.79 Å². The fourth-order valence-electron chi connectivity index (χ4n) is 1.96. The van der Waals surface area contributed by atoms with E-state index in [1.54, 1.807) is 0 Å². The molecule has 0 aromatic rings. The fraction of sp³-hybridized carbons (Fsp3) is 0.923. The third kappa shape index (κ3) is 6.03. The molecule has 2 N–H and O–H groups in total. The number of rotatable bonds is 7. The molecular formula is C13H25NO3. The molecule has 100 valence electrons. The topological polar surface area (TPSA) is 61.6 Å². The van der Waals surface area contributed by atoms with E-state index < -0.39 is 0 Å². The summed E-state index contributed by atoms with van der Waals surface area (Å²) < 4.78 is 10.7. The lowest BCUT2D eigenvalue weighted by Gasteiger charge is -2.14. The number of hydrogen-bond donors (Lipinski definition) is 1. The molecule has 1 rings (SSSR count). The number of esters is 1. The number of carbonyl (C=O) groups is 1. The van der Waals surface area contributed by atoms with Gasteiger partial charge in [0.05, 0.1) is 12.0 Å². The molecule has 1 aliphatic rings. The lowest BCUT2D eigenvalue weighted by Crippen LogP contribution is -2.22. The van der Waals surface area contributed by atoms with E-state index in [0.29, 0.717) is 6.61 Å². The third-order valence-corrected chi connectivity index (χ3v) is 3.13. The molecule has 1 heterocycles. The highest BCUT2D eigenvalue weighted by molar-refractivity contribution is 5.71. The first-order chi connectivity index (χ1) is 8.09. The molecule has 1 fully saturated rings. The Morgan fingerprint density at radius 1 is 1.47 bits per heavy atom. The predicted octanol–water partition coefficient (Wildman–Crippen LogP) is 1.86. The maximum atomic E-state index is 11.7. The summed E-state index contributed by atoms with van der Waals surface area (Å²) in [6, 6.07) is 0.213. The Labute approximate surface area is 104 Å². The maximum Gasteiger partial charge on any atom is 0.308 e. The van der Waals surface area contributed by atoms with Gasteiger partial charge >= 0.3 is 5.97 Å². The molecule has 0 aromatic carbocycles. The molecule has 4 heteroatoms. The molecule has 0 spiro atoms. The van der Waals surface area contributed by atoms with Gasteiger partial charge in [0.15, 0.2) is 0 Å². The zero-order valence-electron chi connectivity index (χ0n) is 11.0. The van der Waals surface area contributed by atoms with Crippen LogP contribution in [0.3, 0.4) is 0 Å². The number of carbonyl (C=O) groups excluding carboxylic acids is 1. The first-order valence-electron chi connectivity index (χ1n) is 6.63. The molecule has 0 bridgehead atoms. The van der Waals surface area contributed by atoms with Crippen molar-refractivity contribution in [1.82, 2.24) is 0 Å². The summed E-state index contributed by atoms with van der Waals surface area (Å²) in [5.74, 6) is -0.139. The van der Waals surface area contributed by atoms with Gasteiger partial charge in [-0.1, -0.05) is 13.3 Å². The van der Waals surface area contributed by atoms with Gasteiger partial charge in [0, 0.05) is 12.6 Å². The Morgan fingerprint density at radius 2 is 2.24 bits per heavy atom. The minimum Gasteiger partial charge on any atom is -0.463 e. The molecule has 3 unspecified atom stereocenters. The van der Waals surface area contributed by atoms with Gasteiger partial charge in [0.25, 0.3) is 0 Å². The highest BCUT2D eigenvalue weighted by atomic mass is 16.6. The van der Waals surface area contributed by atoms with Crippen molar-refractivity contribution in [2.45, 2.75) is 58.1 Å². The van der Waals surface area contributed by atoms with Gasteiger partial charge in [-0.15, -0.1) is 0 Å². The largest absolute Gasteiger partial charge is 0.463 e.